The number of hydrogen-bond acceptors (Lipinski definition) is 5. The van der Waals surface area contributed by atoms with Crippen molar-refractivity contribution in [2.75, 3.05) is 11.9 Å². The molecule has 7 nitrogen and oxygen atoms in total. The van der Waals surface area contributed by atoms with Crippen LogP contribution in [0.5, 0.6) is 0 Å². The van der Waals surface area contributed by atoms with Gasteiger partial charge in [-0.3, -0.25) is 9.59 Å². The largest absolute Gasteiger partial charge is 0.364 e. The van der Waals surface area contributed by atoms with Crippen LogP contribution in [0.2, 0.25) is 0 Å². The van der Waals surface area contributed by atoms with Gasteiger partial charge in [0.15, 0.2) is 5.78 Å². The highest BCUT2D eigenvalue weighted by atomic mass is 16.1. The first-order chi connectivity index (χ1) is 15.4. The zero-order valence-corrected chi connectivity index (χ0v) is 18.8. The Morgan fingerprint density at radius 3 is 2.84 bits per heavy atom. The number of ketones is 1. The van der Waals surface area contributed by atoms with Gasteiger partial charge in [0.2, 0.25) is 5.91 Å². The van der Waals surface area contributed by atoms with Crippen LogP contribution in [-0.2, 0) is 4.79 Å². The maximum atomic E-state index is 13.3. The van der Waals surface area contributed by atoms with Crippen molar-refractivity contribution in [2.45, 2.75) is 58.5 Å². The molecular formula is C25H29N5O2. The Bertz CT molecular complexity index is 1210. The molecular weight excluding hydrogens is 402 g/mol. The van der Waals surface area contributed by atoms with Crippen LogP contribution >= 0.6 is 0 Å². The molecule has 0 saturated carbocycles. The quantitative estimate of drug-likeness (QED) is 0.601. The fourth-order valence-electron chi connectivity index (χ4n) is 4.96. The number of benzene rings is 1. The molecule has 0 fully saturated rings. The van der Waals surface area contributed by atoms with Crippen molar-refractivity contribution in [3.63, 3.8) is 0 Å². The number of Topliss-reactive ketones (excluding diaryl/α,β-unsaturated/α-hetero) is 1. The number of hydrogen-bond donors (Lipinski definition) is 2. The Morgan fingerprint density at radius 2 is 2.03 bits per heavy atom. The third kappa shape index (κ3) is 3.55. The number of carbonyl (C=O) groups excluding carboxylic acids is 2. The van der Waals surface area contributed by atoms with Crippen molar-refractivity contribution in [3.05, 3.63) is 41.9 Å². The van der Waals surface area contributed by atoms with Gasteiger partial charge in [-0.05, 0) is 45.2 Å². The molecule has 1 amide bonds. The monoisotopic (exact) mass is 431 g/mol. The lowest BCUT2D eigenvalue weighted by atomic mass is 9.93. The molecule has 0 radical (unpaired) electrons. The van der Waals surface area contributed by atoms with Gasteiger partial charge in [0.25, 0.3) is 0 Å². The summed E-state index contributed by atoms with van der Waals surface area (Å²) in [6.45, 7) is 6.51. The van der Waals surface area contributed by atoms with Gasteiger partial charge in [0, 0.05) is 48.3 Å². The van der Waals surface area contributed by atoms with Crippen LogP contribution < -0.4 is 10.6 Å². The van der Waals surface area contributed by atoms with E-state index >= 15 is 0 Å². The second-order valence-corrected chi connectivity index (χ2v) is 9.11. The summed E-state index contributed by atoms with van der Waals surface area (Å²) in [5.41, 5.74) is 5.04. The first-order valence-corrected chi connectivity index (χ1v) is 11.5. The zero-order valence-electron chi connectivity index (χ0n) is 18.8. The van der Waals surface area contributed by atoms with E-state index in [1.807, 2.05) is 48.9 Å². The Balaban J connectivity index is 1.73. The molecule has 4 bridgehead atoms. The van der Waals surface area contributed by atoms with Crippen molar-refractivity contribution >= 4 is 28.5 Å². The molecule has 2 N–H and O–H groups in total. The average molecular weight is 432 g/mol. The summed E-state index contributed by atoms with van der Waals surface area (Å²) in [5.74, 6) is 0.880. The third-order valence-electron chi connectivity index (χ3n) is 6.80. The van der Waals surface area contributed by atoms with Crippen molar-refractivity contribution in [3.8, 4) is 11.1 Å². The lowest BCUT2D eigenvalue weighted by Crippen LogP contribution is -2.36. The number of nitrogens with zero attached hydrogens (tertiary/aromatic N) is 3. The van der Waals surface area contributed by atoms with Crippen molar-refractivity contribution < 1.29 is 9.59 Å². The number of carbonyl (C=O) groups is 2. The number of anilines is 1. The van der Waals surface area contributed by atoms with Crippen LogP contribution in [0.25, 0.3) is 22.2 Å². The zero-order chi connectivity index (χ0) is 22.4. The molecule has 4 heterocycles. The normalized spacial score (nSPS) is 23.4. The second kappa shape index (κ2) is 8.04. The fraction of sp³-hybridized carbons (Fsp3) is 0.440. The number of nitrogens with one attached hydrogen (secondary N) is 2. The molecule has 166 valence electrons. The number of aromatic nitrogens is 3. The Morgan fingerprint density at radius 1 is 1.19 bits per heavy atom. The van der Waals surface area contributed by atoms with Crippen LogP contribution in [0, 0.1) is 12.8 Å². The predicted octanol–water partition coefficient (Wildman–Crippen LogP) is 4.27. The number of fused-ring (bicyclic) bond motifs is 3. The van der Waals surface area contributed by atoms with Gasteiger partial charge in [0.1, 0.15) is 5.82 Å². The first-order valence-electron chi connectivity index (χ1n) is 11.5. The van der Waals surface area contributed by atoms with Gasteiger partial charge >= 0.3 is 0 Å². The summed E-state index contributed by atoms with van der Waals surface area (Å²) in [7, 11) is 0. The lowest BCUT2D eigenvalue weighted by Gasteiger charge is -2.21. The van der Waals surface area contributed by atoms with Crippen molar-refractivity contribution in [2.24, 2.45) is 5.92 Å². The molecule has 7 heteroatoms. The molecule has 3 aromatic rings. The van der Waals surface area contributed by atoms with E-state index in [1.165, 1.54) is 0 Å². The molecule has 3 atom stereocenters. The SMILES string of the molecule is CCC1CCC2CC(=O)NCC(C)Nc3nc4c(cccc4nc3C)-c3cc(n2c3)C1=O. The average Bonchev–Trinajstić information content (AvgIpc) is 3.17. The van der Waals surface area contributed by atoms with E-state index in [0.29, 0.717) is 24.5 Å². The van der Waals surface area contributed by atoms with E-state index in [-0.39, 0.29) is 29.7 Å². The summed E-state index contributed by atoms with van der Waals surface area (Å²) in [5, 5.41) is 6.45. The van der Waals surface area contributed by atoms with Crippen molar-refractivity contribution in [1.29, 1.82) is 0 Å². The molecule has 2 aliphatic rings. The maximum Gasteiger partial charge on any atom is 0.222 e. The molecule has 0 saturated heterocycles. The van der Waals surface area contributed by atoms with E-state index in [1.54, 1.807) is 0 Å². The highest BCUT2D eigenvalue weighted by Crippen LogP contribution is 2.37. The van der Waals surface area contributed by atoms with Crippen LogP contribution in [0.4, 0.5) is 5.82 Å². The maximum absolute atomic E-state index is 13.3. The molecule has 32 heavy (non-hydrogen) atoms. The van der Waals surface area contributed by atoms with Crippen LogP contribution in [0.1, 0.15) is 61.8 Å². The third-order valence-corrected chi connectivity index (χ3v) is 6.80. The number of para-hydroxylation sites is 1. The minimum absolute atomic E-state index is 0.00275. The van der Waals surface area contributed by atoms with Gasteiger partial charge in [-0.2, -0.15) is 0 Å². The Hall–Kier alpha value is -3.22. The topological polar surface area (TPSA) is 88.9 Å². The van der Waals surface area contributed by atoms with Gasteiger partial charge in [0.05, 0.1) is 22.4 Å². The highest BCUT2D eigenvalue weighted by molar-refractivity contribution is 6.00. The van der Waals surface area contributed by atoms with E-state index < -0.39 is 0 Å². The molecule has 3 unspecified atom stereocenters. The number of amides is 1. The molecule has 0 spiro atoms. The van der Waals surface area contributed by atoms with Crippen molar-refractivity contribution in [1.82, 2.24) is 19.9 Å². The summed E-state index contributed by atoms with van der Waals surface area (Å²) < 4.78 is 2.04. The number of aryl methyl sites for hydroxylation is 1. The highest BCUT2D eigenvalue weighted by Gasteiger charge is 2.31. The Labute approximate surface area is 187 Å². The van der Waals surface area contributed by atoms with Gasteiger partial charge in [-0.25, -0.2) is 9.97 Å². The smallest absolute Gasteiger partial charge is 0.222 e. The second-order valence-electron chi connectivity index (χ2n) is 9.11. The summed E-state index contributed by atoms with van der Waals surface area (Å²) >= 11 is 0. The summed E-state index contributed by atoms with van der Waals surface area (Å²) in [6.07, 6.45) is 4.83. The standard InChI is InChI=1S/C25H29N5O2/c1-4-16-8-9-18-11-22(31)26-12-14(2)27-25-15(3)28-20-7-5-6-19(23(20)29-25)17-10-21(24(16)32)30(18)13-17/h5-7,10,13-14,16,18H,4,8-9,11-12H2,1-3H3,(H,26,31)(H,27,29). The van der Waals surface area contributed by atoms with E-state index in [2.05, 4.69) is 17.6 Å². The van der Waals surface area contributed by atoms with Crippen LogP contribution in [-0.4, -0.2) is 38.8 Å². The molecule has 0 aliphatic carbocycles. The molecule has 2 aliphatic heterocycles. The summed E-state index contributed by atoms with van der Waals surface area (Å²) in [6, 6.07) is 7.93. The molecule has 1 aromatic carbocycles. The van der Waals surface area contributed by atoms with Gasteiger partial charge in [-0.15, -0.1) is 0 Å². The minimum Gasteiger partial charge on any atom is -0.364 e. The minimum atomic E-state index is -0.0377. The van der Waals surface area contributed by atoms with Crippen LogP contribution in [0.3, 0.4) is 0 Å². The van der Waals surface area contributed by atoms with Gasteiger partial charge < -0.3 is 15.2 Å². The molecule has 5 rings (SSSR count). The summed E-state index contributed by atoms with van der Waals surface area (Å²) in [4.78, 5) is 35.8. The predicted molar refractivity (Wildman–Crippen MR) is 125 cm³/mol. The number of rotatable bonds is 1. The van der Waals surface area contributed by atoms with Gasteiger partial charge in [-0.1, -0.05) is 19.1 Å². The lowest BCUT2D eigenvalue weighted by molar-refractivity contribution is -0.121. The van der Waals surface area contributed by atoms with E-state index in [4.69, 9.17) is 9.97 Å². The van der Waals surface area contributed by atoms with E-state index in [0.717, 1.165) is 47.1 Å². The van der Waals surface area contributed by atoms with E-state index in [9.17, 15) is 9.59 Å². The first kappa shape index (κ1) is 20.7. The molecule has 2 aromatic heterocycles. The van der Waals surface area contributed by atoms with Crippen LogP contribution in [0.15, 0.2) is 30.5 Å². The fourth-order valence-corrected chi connectivity index (χ4v) is 4.96. The Kier molecular flexibility index (Phi) is 5.19.